The minimum atomic E-state index is -0.561. The Morgan fingerprint density at radius 1 is 1.22 bits per heavy atom. The summed E-state index contributed by atoms with van der Waals surface area (Å²) in [6, 6.07) is 13.2. The standard InChI is InChI=1S/C22H19ClN4O4S/c1-12(21(28)26-19-9-8-14(27(30)31)10-17(19)23)32-20-11-16(22(29)24-13-6-7-13)15-4-2-3-5-18(15)25-20/h2-5,8-13H,6-7H2,1H3,(H,24,29)(H,26,28). The van der Waals surface area contributed by atoms with E-state index in [4.69, 9.17) is 11.6 Å². The van der Waals surface area contributed by atoms with Gasteiger partial charge < -0.3 is 10.6 Å². The van der Waals surface area contributed by atoms with Crippen LogP contribution in [0, 0.1) is 10.1 Å². The Morgan fingerprint density at radius 2 is 1.97 bits per heavy atom. The van der Waals surface area contributed by atoms with E-state index in [0.29, 0.717) is 16.1 Å². The fraction of sp³-hybridized carbons (Fsp3) is 0.227. The molecular weight excluding hydrogens is 452 g/mol. The van der Waals surface area contributed by atoms with Crippen molar-refractivity contribution in [3.8, 4) is 0 Å². The average molecular weight is 471 g/mol. The van der Waals surface area contributed by atoms with Crippen LogP contribution in [-0.4, -0.2) is 33.0 Å². The Labute approximate surface area is 192 Å². The van der Waals surface area contributed by atoms with Crippen LogP contribution in [0.5, 0.6) is 0 Å². The van der Waals surface area contributed by atoms with Crippen LogP contribution >= 0.6 is 23.4 Å². The lowest BCUT2D eigenvalue weighted by atomic mass is 10.1. The second-order valence-corrected chi connectivity index (χ2v) is 9.21. The summed E-state index contributed by atoms with van der Waals surface area (Å²) in [5, 5.41) is 17.3. The lowest BCUT2D eigenvalue weighted by molar-refractivity contribution is -0.384. The van der Waals surface area contributed by atoms with Gasteiger partial charge in [0.25, 0.3) is 11.6 Å². The van der Waals surface area contributed by atoms with Gasteiger partial charge in [0, 0.05) is 23.6 Å². The quantitative estimate of drug-likeness (QED) is 0.291. The largest absolute Gasteiger partial charge is 0.349 e. The summed E-state index contributed by atoms with van der Waals surface area (Å²) in [6.07, 6.45) is 1.97. The van der Waals surface area contributed by atoms with Gasteiger partial charge in [0.15, 0.2) is 0 Å². The number of carbonyl (C=O) groups is 2. The van der Waals surface area contributed by atoms with Crippen molar-refractivity contribution in [1.29, 1.82) is 0 Å². The Morgan fingerprint density at radius 3 is 2.66 bits per heavy atom. The van der Waals surface area contributed by atoms with E-state index in [9.17, 15) is 19.7 Å². The van der Waals surface area contributed by atoms with E-state index in [1.807, 2.05) is 24.3 Å². The lowest BCUT2D eigenvalue weighted by Gasteiger charge is -2.14. The zero-order valence-electron chi connectivity index (χ0n) is 17.0. The number of hydrogen-bond acceptors (Lipinski definition) is 6. The van der Waals surface area contributed by atoms with E-state index in [2.05, 4.69) is 15.6 Å². The minimum Gasteiger partial charge on any atom is -0.349 e. The zero-order valence-corrected chi connectivity index (χ0v) is 18.6. The molecule has 2 N–H and O–H groups in total. The first-order valence-corrected chi connectivity index (χ1v) is 11.2. The Bertz CT molecular complexity index is 1230. The van der Waals surface area contributed by atoms with Crippen LogP contribution in [0.25, 0.3) is 10.9 Å². The fourth-order valence-corrected chi connectivity index (χ4v) is 4.17. The molecule has 1 heterocycles. The van der Waals surface area contributed by atoms with E-state index in [0.717, 1.165) is 18.2 Å². The highest BCUT2D eigenvalue weighted by Gasteiger charge is 2.25. The number of nitro benzene ring substituents is 1. The molecule has 0 aliphatic heterocycles. The van der Waals surface area contributed by atoms with Crippen molar-refractivity contribution in [2.24, 2.45) is 0 Å². The molecule has 1 aromatic heterocycles. The van der Waals surface area contributed by atoms with E-state index in [1.54, 1.807) is 13.0 Å². The number of amides is 2. The number of hydrogen-bond donors (Lipinski definition) is 2. The number of nitrogens with one attached hydrogen (secondary N) is 2. The molecule has 1 unspecified atom stereocenters. The van der Waals surface area contributed by atoms with Gasteiger partial charge in [0.1, 0.15) is 0 Å². The molecule has 1 saturated carbocycles. The summed E-state index contributed by atoms with van der Waals surface area (Å²) in [4.78, 5) is 40.3. The minimum absolute atomic E-state index is 0.0765. The van der Waals surface area contributed by atoms with Crippen LogP contribution in [-0.2, 0) is 4.79 Å². The molecule has 0 spiro atoms. The number of halogens is 1. The van der Waals surface area contributed by atoms with Crippen LogP contribution in [0.1, 0.15) is 30.1 Å². The van der Waals surface area contributed by atoms with E-state index in [-0.39, 0.29) is 34.3 Å². The van der Waals surface area contributed by atoms with Crippen molar-refractivity contribution in [2.75, 3.05) is 5.32 Å². The molecule has 1 fully saturated rings. The number of thioether (sulfide) groups is 1. The van der Waals surface area contributed by atoms with E-state index >= 15 is 0 Å². The SMILES string of the molecule is CC(Sc1cc(C(=O)NC2CC2)c2ccccc2n1)C(=O)Nc1ccc([N+](=O)[O-])cc1Cl. The maximum atomic E-state index is 12.7. The van der Waals surface area contributed by atoms with E-state index < -0.39 is 10.2 Å². The lowest BCUT2D eigenvalue weighted by Crippen LogP contribution is -2.26. The molecule has 164 valence electrons. The number of non-ortho nitro benzene ring substituents is 1. The first-order valence-electron chi connectivity index (χ1n) is 9.94. The Kier molecular flexibility index (Phi) is 6.29. The fourth-order valence-electron chi connectivity index (χ4n) is 3.08. The molecule has 10 heteroatoms. The van der Waals surface area contributed by atoms with Gasteiger partial charge in [-0.15, -0.1) is 0 Å². The highest BCUT2D eigenvalue weighted by Crippen LogP contribution is 2.30. The zero-order chi connectivity index (χ0) is 22.8. The topological polar surface area (TPSA) is 114 Å². The summed E-state index contributed by atoms with van der Waals surface area (Å²) in [7, 11) is 0. The molecule has 2 amide bonds. The molecule has 8 nitrogen and oxygen atoms in total. The number of nitro groups is 1. The number of aromatic nitrogens is 1. The van der Waals surface area contributed by atoms with Gasteiger partial charge >= 0.3 is 0 Å². The summed E-state index contributed by atoms with van der Waals surface area (Å²) < 4.78 is 0. The number of fused-ring (bicyclic) bond motifs is 1. The molecule has 1 atom stereocenters. The van der Waals surface area contributed by atoms with E-state index in [1.165, 1.54) is 30.0 Å². The number of para-hydroxylation sites is 1. The van der Waals surface area contributed by atoms with Crippen LogP contribution < -0.4 is 10.6 Å². The number of carbonyl (C=O) groups excluding carboxylic acids is 2. The van der Waals surface area contributed by atoms with Gasteiger partial charge in [0.2, 0.25) is 5.91 Å². The monoisotopic (exact) mass is 470 g/mol. The van der Waals surface area contributed by atoms with Crippen LogP contribution in [0.2, 0.25) is 5.02 Å². The molecule has 0 bridgehead atoms. The molecule has 0 saturated heterocycles. The van der Waals surface area contributed by atoms with Crippen molar-refractivity contribution in [1.82, 2.24) is 10.3 Å². The summed E-state index contributed by atoms with van der Waals surface area (Å²) in [5.41, 5.74) is 1.32. The molecule has 2 aromatic carbocycles. The van der Waals surface area contributed by atoms with Crippen molar-refractivity contribution in [3.05, 3.63) is 69.2 Å². The van der Waals surface area contributed by atoms with Crippen molar-refractivity contribution in [3.63, 3.8) is 0 Å². The summed E-state index contributed by atoms with van der Waals surface area (Å²) in [5.74, 6) is -0.493. The van der Waals surface area contributed by atoms with Crippen molar-refractivity contribution in [2.45, 2.75) is 36.1 Å². The first-order chi connectivity index (χ1) is 15.3. The van der Waals surface area contributed by atoms with Gasteiger partial charge in [-0.25, -0.2) is 4.98 Å². The maximum Gasteiger partial charge on any atom is 0.271 e. The Balaban J connectivity index is 1.52. The number of rotatable bonds is 7. The highest BCUT2D eigenvalue weighted by molar-refractivity contribution is 8.00. The molecule has 1 aliphatic rings. The van der Waals surface area contributed by atoms with Gasteiger partial charge in [-0.3, -0.25) is 19.7 Å². The van der Waals surface area contributed by atoms with Crippen molar-refractivity contribution >= 4 is 57.5 Å². The predicted molar refractivity (Wildman–Crippen MR) is 124 cm³/mol. The first kappa shape index (κ1) is 22.0. The second kappa shape index (κ2) is 9.13. The van der Waals surface area contributed by atoms with Crippen LogP contribution in [0.4, 0.5) is 11.4 Å². The number of anilines is 1. The summed E-state index contributed by atoms with van der Waals surface area (Å²) >= 11 is 7.28. The molecule has 0 radical (unpaired) electrons. The average Bonchev–Trinajstić information content (AvgIpc) is 3.58. The maximum absolute atomic E-state index is 12.7. The predicted octanol–water partition coefficient (Wildman–Crippen LogP) is 4.81. The third kappa shape index (κ3) is 5.00. The normalized spacial score (nSPS) is 14.1. The third-order valence-electron chi connectivity index (χ3n) is 4.94. The number of pyridine rings is 1. The number of benzene rings is 2. The van der Waals surface area contributed by atoms with Gasteiger partial charge in [0.05, 0.1) is 37.0 Å². The molecule has 1 aliphatic carbocycles. The molecule has 4 rings (SSSR count). The highest BCUT2D eigenvalue weighted by atomic mass is 35.5. The smallest absolute Gasteiger partial charge is 0.271 e. The Hall–Kier alpha value is -3.17. The van der Waals surface area contributed by atoms with Crippen molar-refractivity contribution < 1.29 is 14.5 Å². The van der Waals surface area contributed by atoms with Crippen LogP contribution in [0.15, 0.2) is 53.6 Å². The van der Waals surface area contributed by atoms with Gasteiger partial charge in [-0.2, -0.15) is 0 Å². The molecule has 3 aromatic rings. The van der Waals surface area contributed by atoms with Gasteiger partial charge in [-0.05, 0) is 38.0 Å². The number of nitrogens with zero attached hydrogens (tertiary/aromatic N) is 2. The molecule has 32 heavy (non-hydrogen) atoms. The second-order valence-electron chi connectivity index (χ2n) is 7.44. The van der Waals surface area contributed by atoms with Gasteiger partial charge in [-0.1, -0.05) is 41.6 Å². The van der Waals surface area contributed by atoms with Crippen LogP contribution in [0.3, 0.4) is 0 Å². The molecular formula is C22H19ClN4O4S. The third-order valence-corrected chi connectivity index (χ3v) is 6.27. The summed E-state index contributed by atoms with van der Waals surface area (Å²) in [6.45, 7) is 1.71.